The Morgan fingerprint density at radius 2 is 1.95 bits per heavy atom. The number of halogens is 1. The topological polar surface area (TPSA) is 87.6 Å². The molecule has 1 aromatic heterocycles. The molecule has 21 heavy (non-hydrogen) atoms. The first-order valence-electron chi connectivity index (χ1n) is 5.87. The second-order valence-corrected chi connectivity index (χ2v) is 4.72. The van der Waals surface area contributed by atoms with Crippen molar-refractivity contribution < 1.29 is 19.5 Å². The van der Waals surface area contributed by atoms with E-state index in [1.54, 1.807) is 6.07 Å². The Balaban J connectivity index is 2.07. The highest BCUT2D eigenvalue weighted by Crippen LogP contribution is 2.30. The zero-order valence-corrected chi connectivity index (χ0v) is 11.2. The lowest BCUT2D eigenvalue weighted by atomic mass is 10.2. The number of fused-ring (bicyclic) bond motifs is 1. The molecule has 104 valence electrons. The molecule has 0 radical (unpaired) electrons. The van der Waals surface area contributed by atoms with E-state index < -0.39 is 17.8 Å². The van der Waals surface area contributed by atoms with E-state index in [0.29, 0.717) is 0 Å². The number of hydrogen-bond donors (Lipinski definition) is 1. The number of nitrogens with zero attached hydrogens (tertiary/aromatic N) is 2. The molecule has 2 heterocycles. The van der Waals surface area contributed by atoms with Crippen molar-refractivity contribution in [2.45, 2.75) is 0 Å². The lowest BCUT2D eigenvalue weighted by molar-refractivity contribution is 0.0696. The molecule has 1 aromatic carbocycles. The number of aromatic carboxylic acids is 1. The SMILES string of the molecule is O=C(O)c1ccc(N2C(=O)c3cccnc3C2=O)cc1Cl. The summed E-state index contributed by atoms with van der Waals surface area (Å²) < 4.78 is 0. The van der Waals surface area contributed by atoms with E-state index in [9.17, 15) is 14.4 Å². The van der Waals surface area contributed by atoms with Crippen LogP contribution in [0, 0.1) is 0 Å². The summed E-state index contributed by atoms with van der Waals surface area (Å²) in [5.41, 5.74) is 0.384. The largest absolute Gasteiger partial charge is 0.478 e. The molecule has 2 amide bonds. The smallest absolute Gasteiger partial charge is 0.337 e. The number of rotatable bonds is 2. The molecule has 6 nitrogen and oxygen atoms in total. The number of anilines is 1. The van der Waals surface area contributed by atoms with Crippen molar-refractivity contribution in [1.29, 1.82) is 0 Å². The van der Waals surface area contributed by atoms with Crippen LogP contribution in [0.3, 0.4) is 0 Å². The van der Waals surface area contributed by atoms with Crippen LogP contribution in [0.4, 0.5) is 5.69 Å². The van der Waals surface area contributed by atoms with Crippen LogP contribution in [0.25, 0.3) is 0 Å². The van der Waals surface area contributed by atoms with Gasteiger partial charge in [-0.1, -0.05) is 11.6 Å². The van der Waals surface area contributed by atoms with E-state index in [4.69, 9.17) is 16.7 Å². The molecule has 0 unspecified atom stereocenters. The molecule has 1 N–H and O–H groups in total. The van der Waals surface area contributed by atoms with Crippen LogP contribution in [0.2, 0.25) is 5.02 Å². The van der Waals surface area contributed by atoms with Crippen LogP contribution in [-0.2, 0) is 0 Å². The third-order valence-electron chi connectivity index (χ3n) is 3.09. The second kappa shape index (κ2) is 4.68. The molecule has 0 bridgehead atoms. The van der Waals surface area contributed by atoms with Gasteiger partial charge in [0.2, 0.25) is 0 Å². The summed E-state index contributed by atoms with van der Waals surface area (Å²) in [5.74, 6) is -2.26. The molecule has 0 saturated heterocycles. The van der Waals surface area contributed by atoms with Crippen molar-refractivity contribution in [3.05, 3.63) is 58.4 Å². The average molecular weight is 303 g/mol. The highest BCUT2D eigenvalue weighted by molar-refractivity contribution is 6.36. The van der Waals surface area contributed by atoms with Crippen molar-refractivity contribution in [3.63, 3.8) is 0 Å². The van der Waals surface area contributed by atoms with Crippen LogP contribution in [0.5, 0.6) is 0 Å². The van der Waals surface area contributed by atoms with Gasteiger partial charge in [-0.25, -0.2) is 9.69 Å². The minimum atomic E-state index is -1.18. The molecule has 3 rings (SSSR count). The molecular formula is C14H7ClN2O4. The Morgan fingerprint density at radius 3 is 2.57 bits per heavy atom. The van der Waals surface area contributed by atoms with Crippen molar-refractivity contribution >= 4 is 35.1 Å². The van der Waals surface area contributed by atoms with Crippen molar-refractivity contribution in [2.75, 3.05) is 4.90 Å². The third-order valence-corrected chi connectivity index (χ3v) is 3.40. The molecule has 0 atom stereocenters. The molecule has 1 aliphatic rings. The van der Waals surface area contributed by atoms with Crippen molar-refractivity contribution in [1.82, 2.24) is 4.98 Å². The van der Waals surface area contributed by atoms with Gasteiger partial charge in [0.05, 0.1) is 21.8 Å². The van der Waals surface area contributed by atoms with Gasteiger partial charge in [0.25, 0.3) is 11.8 Å². The average Bonchev–Trinajstić information content (AvgIpc) is 2.71. The molecule has 7 heteroatoms. The number of imide groups is 1. The van der Waals surface area contributed by atoms with Gasteiger partial charge in [-0.05, 0) is 30.3 Å². The Hall–Kier alpha value is -2.73. The van der Waals surface area contributed by atoms with Gasteiger partial charge in [-0.3, -0.25) is 14.6 Å². The number of carbonyl (C=O) groups is 3. The number of carbonyl (C=O) groups excluding carboxylic acids is 2. The minimum absolute atomic E-state index is 0.0514. The van der Waals surface area contributed by atoms with Crippen LogP contribution >= 0.6 is 11.6 Å². The highest BCUT2D eigenvalue weighted by Gasteiger charge is 2.37. The van der Waals surface area contributed by atoms with Gasteiger partial charge in [-0.15, -0.1) is 0 Å². The van der Waals surface area contributed by atoms with Crippen molar-refractivity contribution in [2.24, 2.45) is 0 Å². The molecule has 0 fully saturated rings. The summed E-state index contributed by atoms with van der Waals surface area (Å²) >= 11 is 5.86. The molecule has 0 spiro atoms. The van der Waals surface area contributed by atoms with E-state index in [1.807, 2.05) is 0 Å². The molecular weight excluding hydrogens is 296 g/mol. The quantitative estimate of drug-likeness (QED) is 0.860. The summed E-state index contributed by atoms with van der Waals surface area (Å²) in [5, 5.41) is 8.87. The maximum absolute atomic E-state index is 12.2. The Labute approximate surface area is 123 Å². The number of carboxylic acid groups (broad SMARTS) is 1. The second-order valence-electron chi connectivity index (χ2n) is 4.31. The van der Waals surface area contributed by atoms with Gasteiger partial charge in [0.15, 0.2) is 0 Å². The number of carboxylic acids is 1. The maximum Gasteiger partial charge on any atom is 0.337 e. The first-order chi connectivity index (χ1) is 10.0. The number of pyridine rings is 1. The standard InChI is InChI=1S/C14H7ClN2O4/c15-10-6-7(3-4-8(10)14(20)21)17-12(18)9-2-1-5-16-11(9)13(17)19/h1-6H,(H,20,21). The summed E-state index contributed by atoms with van der Waals surface area (Å²) in [4.78, 5) is 40.2. The molecule has 0 aliphatic carbocycles. The maximum atomic E-state index is 12.2. The fourth-order valence-corrected chi connectivity index (χ4v) is 2.37. The Kier molecular flexibility index (Phi) is 2.95. The zero-order chi connectivity index (χ0) is 15.1. The fraction of sp³-hybridized carbons (Fsp3) is 0. The van der Waals surface area contributed by atoms with Crippen LogP contribution < -0.4 is 4.90 Å². The lowest BCUT2D eigenvalue weighted by Gasteiger charge is -2.14. The van der Waals surface area contributed by atoms with E-state index >= 15 is 0 Å². The van der Waals surface area contributed by atoms with Gasteiger partial charge < -0.3 is 5.11 Å². The van der Waals surface area contributed by atoms with Crippen LogP contribution in [0.15, 0.2) is 36.5 Å². The van der Waals surface area contributed by atoms with Gasteiger partial charge in [0.1, 0.15) is 5.69 Å². The molecule has 2 aromatic rings. The van der Waals surface area contributed by atoms with E-state index in [0.717, 1.165) is 4.90 Å². The van der Waals surface area contributed by atoms with E-state index in [1.165, 1.54) is 30.5 Å². The number of benzene rings is 1. The first-order valence-corrected chi connectivity index (χ1v) is 6.25. The third kappa shape index (κ3) is 1.96. The summed E-state index contributed by atoms with van der Waals surface area (Å²) in [7, 11) is 0. The predicted octanol–water partition coefficient (Wildman–Crippen LogP) is 2.23. The zero-order valence-electron chi connectivity index (χ0n) is 10.4. The summed E-state index contributed by atoms with van der Waals surface area (Å²) in [6.07, 6.45) is 1.42. The number of amides is 2. The van der Waals surface area contributed by atoms with Crippen LogP contribution in [-0.4, -0.2) is 27.9 Å². The van der Waals surface area contributed by atoms with Crippen LogP contribution in [0.1, 0.15) is 31.2 Å². The Morgan fingerprint density at radius 1 is 1.19 bits per heavy atom. The van der Waals surface area contributed by atoms with Crippen molar-refractivity contribution in [3.8, 4) is 0 Å². The Bertz CT molecular complexity index is 768. The molecule has 1 aliphatic heterocycles. The minimum Gasteiger partial charge on any atom is -0.478 e. The number of hydrogen-bond acceptors (Lipinski definition) is 4. The fourth-order valence-electron chi connectivity index (χ4n) is 2.12. The van der Waals surface area contributed by atoms with Gasteiger partial charge in [-0.2, -0.15) is 0 Å². The van der Waals surface area contributed by atoms with E-state index in [-0.39, 0.29) is 27.5 Å². The normalized spacial score (nSPS) is 13.5. The lowest BCUT2D eigenvalue weighted by Crippen LogP contribution is -2.29. The monoisotopic (exact) mass is 302 g/mol. The summed E-state index contributed by atoms with van der Waals surface area (Å²) in [6, 6.07) is 6.95. The van der Waals surface area contributed by atoms with Gasteiger partial charge in [0, 0.05) is 6.20 Å². The first kappa shape index (κ1) is 13.3. The highest BCUT2D eigenvalue weighted by atomic mass is 35.5. The van der Waals surface area contributed by atoms with Gasteiger partial charge >= 0.3 is 5.97 Å². The summed E-state index contributed by atoms with van der Waals surface area (Å²) in [6.45, 7) is 0. The number of aromatic nitrogens is 1. The molecule has 0 saturated carbocycles. The van der Waals surface area contributed by atoms with E-state index in [2.05, 4.69) is 4.98 Å². The predicted molar refractivity (Wildman–Crippen MR) is 73.8 cm³/mol.